The summed E-state index contributed by atoms with van der Waals surface area (Å²) in [6.45, 7) is 0.739. The lowest BCUT2D eigenvalue weighted by molar-refractivity contribution is 0.0968. The Morgan fingerprint density at radius 2 is 1.29 bits per heavy atom. The van der Waals surface area contributed by atoms with E-state index in [0.717, 1.165) is 17.7 Å². The van der Waals surface area contributed by atoms with E-state index in [2.05, 4.69) is 29.6 Å². The second-order valence-corrected chi connectivity index (χ2v) is 5.82. The molecule has 120 valence electrons. The van der Waals surface area contributed by atoms with Crippen molar-refractivity contribution in [3.63, 3.8) is 0 Å². The highest BCUT2D eigenvalue weighted by molar-refractivity contribution is 5.96. The summed E-state index contributed by atoms with van der Waals surface area (Å²) in [5.74, 6) is 0.157. The number of ketones is 1. The van der Waals surface area contributed by atoms with Crippen LogP contribution in [-0.2, 0) is 6.54 Å². The first-order chi connectivity index (χ1) is 11.8. The number of carbonyl (C=O) groups excluding carboxylic acids is 1. The molecule has 0 heterocycles. The van der Waals surface area contributed by atoms with Gasteiger partial charge in [-0.3, -0.25) is 4.79 Å². The normalized spacial score (nSPS) is 11.8. The van der Waals surface area contributed by atoms with Crippen LogP contribution in [-0.4, -0.2) is 5.78 Å². The number of Topliss-reactive ketones (excluding diaryl/α,β-unsaturated/α-hetero) is 1. The number of nitrogens with one attached hydrogen (secondary N) is 1. The molecule has 2 heteroatoms. The SMILES string of the molecule is O=C(CC(NCc1ccccc1)c1ccccc1)c1ccccc1. The van der Waals surface area contributed by atoms with E-state index < -0.39 is 0 Å². The van der Waals surface area contributed by atoms with E-state index in [1.165, 1.54) is 5.56 Å². The molecule has 1 atom stereocenters. The fourth-order valence-electron chi connectivity index (χ4n) is 2.76. The van der Waals surface area contributed by atoms with E-state index >= 15 is 0 Å². The van der Waals surface area contributed by atoms with Gasteiger partial charge in [-0.2, -0.15) is 0 Å². The van der Waals surface area contributed by atoms with Crippen molar-refractivity contribution in [3.8, 4) is 0 Å². The third-order valence-electron chi connectivity index (χ3n) is 4.08. The lowest BCUT2D eigenvalue weighted by Gasteiger charge is -2.19. The fraction of sp³-hybridized carbons (Fsp3) is 0.136. The van der Waals surface area contributed by atoms with Crippen LogP contribution in [0.2, 0.25) is 0 Å². The molecule has 0 radical (unpaired) electrons. The van der Waals surface area contributed by atoms with Crippen LogP contribution in [0.15, 0.2) is 91.0 Å². The zero-order valence-electron chi connectivity index (χ0n) is 13.6. The Labute approximate surface area is 143 Å². The lowest BCUT2D eigenvalue weighted by Crippen LogP contribution is -2.23. The smallest absolute Gasteiger partial charge is 0.164 e. The predicted molar refractivity (Wildman–Crippen MR) is 97.9 cm³/mol. The number of hydrogen-bond acceptors (Lipinski definition) is 2. The van der Waals surface area contributed by atoms with Gasteiger partial charge in [0, 0.05) is 24.6 Å². The average Bonchev–Trinajstić information content (AvgIpc) is 2.67. The average molecular weight is 315 g/mol. The number of hydrogen-bond donors (Lipinski definition) is 1. The van der Waals surface area contributed by atoms with E-state index in [-0.39, 0.29) is 11.8 Å². The molecule has 3 aromatic carbocycles. The molecular formula is C22H21NO. The first kappa shape index (κ1) is 16.2. The zero-order valence-corrected chi connectivity index (χ0v) is 13.6. The van der Waals surface area contributed by atoms with Gasteiger partial charge in [0.25, 0.3) is 0 Å². The van der Waals surface area contributed by atoms with Crippen molar-refractivity contribution >= 4 is 5.78 Å². The fourth-order valence-corrected chi connectivity index (χ4v) is 2.76. The number of benzene rings is 3. The Balaban J connectivity index is 1.74. The molecule has 3 rings (SSSR count). The van der Waals surface area contributed by atoms with Crippen LogP contribution in [0.5, 0.6) is 0 Å². The van der Waals surface area contributed by atoms with Gasteiger partial charge in [-0.05, 0) is 11.1 Å². The number of carbonyl (C=O) groups is 1. The van der Waals surface area contributed by atoms with Gasteiger partial charge in [-0.1, -0.05) is 91.0 Å². The summed E-state index contributed by atoms with van der Waals surface area (Å²) in [5.41, 5.74) is 3.11. The summed E-state index contributed by atoms with van der Waals surface area (Å²) in [6, 6.07) is 29.9. The van der Waals surface area contributed by atoms with Crippen molar-refractivity contribution < 1.29 is 4.79 Å². The molecule has 0 saturated heterocycles. The van der Waals surface area contributed by atoms with Crippen LogP contribution in [0.25, 0.3) is 0 Å². The standard InChI is InChI=1S/C22H21NO/c24-22(20-14-8-3-9-15-20)16-21(19-12-6-2-7-13-19)23-17-18-10-4-1-5-11-18/h1-15,21,23H,16-17H2. The van der Waals surface area contributed by atoms with E-state index in [1.54, 1.807) is 0 Å². The summed E-state index contributed by atoms with van der Waals surface area (Å²) >= 11 is 0. The van der Waals surface area contributed by atoms with Crippen molar-refractivity contribution in [3.05, 3.63) is 108 Å². The molecule has 0 aromatic heterocycles. The highest BCUT2D eigenvalue weighted by Crippen LogP contribution is 2.20. The third-order valence-corrected chi connectivity index (χ3v) is 4.08. The topological polar surface area (TPSA) is 29.1 Å². The van der Waals surface area contributed by atoms with Crippen LogP contribution < -0.4 is 5.32 Å². The first-order valence-electron chi connectivity index (χ1n) is 8.23. The monoisotopic (exact) mass is 315 g/mol. The van der Waals surface area contributed by atoms with Gasteiger partial charge in [0.1, 0.15) is 0 Å². The molecule has 1 N–H and O–H groups in total. The van der Waals surface area contributed by atoms with E-state index in [1.807, 2.05) is 66.7 Å². The molecule has 0 fully saturated rings. The maximum absolute atomic E-state index is 12.6. The maximum Gasteiger partial charge on any atom is 0.164 e. The van der Waals surface area contributed by atoms with Crippen LogP contribution in [0.1, 0.15) is 33.9 Å². The predicted octanol–water partition coefficient (Wildman–Crippen LogP) is 4.79. The molecule has 0 amide bonds. The molecular weight excluding hydrogens is 294 g/mol. The van der Waals surface area contributed by atoms with Gasteiger partial charge in [0.2, 0.25) is 0 Å². The van der Waals surface area contributed by atoms with Crippen LogP contribution in [0.3, 0.4) is 0 Å². The molecule has 0 saturated carbocycles. The molecule has 0 spiro atoms. The van der Waals surface area contributed by atoms with Crippen LogP contribution in [0, 0.1) is 0 Å². The zero-order chi connectivity index (χ0) is 16.6. The Kier molecular flexibility index (Phi) is 5.54. The Bertz CT molecular complexity index is 754. The molecule has 0 aliphatic carbocycles. The molecule has 3 aromatic rings. The van der Waals surface area contributed by atoms with E-state index in [4.69, 9.17) is 0 Å². The van der Waals surface area contributed by atoms with Gasteiger partial charge in [0.15, 0.2) is 5.78 Å². The third kappa shape index (κ3) is 4.40. The minimum Gasteiger partial charge on any atom is -0.305 e. The molecule has 24 heavy (non-hydrogen) atoms. The first-order valence-corrected chi connectivity index (χ1v) is 8.23. The second-order valence-electron chi connectivity index (χ2n) is 5.82. The molecule has 0 aliphatic rings. The van der Waals surface area contributed by atoms with Gasteiger partial charge in [0.05, 0.1) is 0 Å². The molecule has 2 nitrogen and oxygen atoms in total. The lowest BCUT2D eigenvalue weighted by atomic mass is 9.97. The van der Waals surface area contributed by atoms with Crippen molar-refractivity contribution in [1.29, 1.82) is 0 Å². The van der Waals surface area contributed by atoms with Gasteiger partial charge in [-0.25, -0.2) is 0 Å². The molecule has 1 unspecified atom stereocenters. The highest BCUT2D eigenvalue weighted by Gasteiger charge is 2.16. The molecule has 0 bridgehead atoms. The second kappa shape index (κ2) is 8.23. The summed E-state index contributed by atoms with van der Waals surface area (Å²) < 4.78 is 0. The van der Waals surface area contributed by atoms with Crippen molar-refractivity contribution in [2.75, 3.05) is 0 Å². The number of rotatable bonds is 7. The van der Waals surface area contributed by atoms with Gasteiger partial charge >= 0.3 is 0 Å². The van der Waals surface area contributed by atoms with Crippen LogP contribution in [0.4, 0.5) is 0 Å². The summed E-state index contributed by atoms with van der Waals surface area (Å²) in [4.78, 5) is 12.6. The minimum atomic E-state index is -0.000822. The molecule has 0 aliphatic heterocycles. The summed E-state index contributed by atoms with van der Waals surface area (Å²) in [7, 11) is 0. The van der Waals surface area contributed by atoms with Gasteiger partial charge < -0.3 is 5.32 Å². The van der Waals surface area contributed by atoms with Crippen LogP contribution >= 0.6 is 0 Å². The highest BCUT2D eigenvalue weighted by atomic mass is 16.1. The Morgan fingerprint density at radius 3 is 1.92 bits per heavy atom. The van der Waals surface area contributed by atoms with Crippen molar-refractivity contribution in [1.82, 2.24) is 5.32 Å². The van der Waals surface area contributed by atoms with Crippen molar-refractivity contribution in [2.24, 2.45) is 0 Å². The van der Waals surface area contributed by atoms with Gasteiger partial charge in [-0.15, -0.1) is 0 Å². The maximum atomic E-state index is 12.6. The quantitative estimate of drug-likeness (QED) is 0.635. The van der Waals surface area contributed by atoms with E-state index in [9.17, 15) is 4.79 Å². The van der Waals surface area contributed by atoms with E-state index in [0.29, 0.717) is 6.42 Å². The minimum absolute atomic E-state index is 0.000822. The Morgan fingerprint density at radius 1 is 0.750 bits per heavy atom. The largest absolute Gasteiger partial charge is 0.305 e. The Hall–Kier alpha value is -2.71. The van der Waals surface area contributed by atoms with Crippen molar-refractivity contribution in [2.45, 2.75) is 19.0 Å². The summed E-state index contributed by atoms with van der Waals surface area (Å²) in [6.07, 6.45) is 0.445. The summed E-state index contributed by atoms with van der Waals surface area (Å²) in [5, 5.41) is 3.53.